The van der Waals surface area contributed by atoms with E-state index in [4.69, 9.17) is 9.47 Å². The van der Waals surface area contributed by atoms with Crippen molar-refractivity contribution in [3.05, 3.63) is 52.7 Å². The van der Waals surface area contributed by atoms with Gasteiger partial charge in [-0.3, -0.25) is 14.8 Å². The highest BCUT2D eigenvalue weighted by molar-refractivity contribution is 7.07. The van der Waals surface area contributed by atoms with Crippen LogP contribution in [0.25, 0.3) is 11.0 Å². The van der Waals surface area contributed by atoms with Gasteiger partial charge in [-0.15, -0.1) is 11.3 Å². The van der Waals surface area contributed by atoms with Crippen LogP contribution < -0.4 is 5.32 Å². The number of benzene rings is 1. The smallest absolute Gasteiger partial charge is 0.251 e. The SMILES string of the molecule is O=C(N[C@@H]1CCOC[C@H]1OCc1cscn1)c1ccc2nccnc2c1. The van der Waals surface area contributed by atoms with E-state index in [0.29, 0.717) is 37.3 Å². The Morgan fingerprint density at radius 2 is 2.15 bits per heavy atom. The van der Waals surface area contributed by atoms with E-state index in [1.54, 1.807) is 36.1 Å². The van der Waals surface area contributed by atoms with E-state index in [1.165, 1.54) is 11.3 Å². The molecule has 0 aliphatic carbocycles. The molecular formula is C18H18N4O3S. The van der Waals surface area contributed by atoms with Gasteiger partial charge >= 0.3 is 0 Å². The van der Waals surface area contributed by atoms with E-state index in [-0.39, 0.29) is 18.1 Å². The molecule has 1 N–H and O–H groups in total. The van der Waals surface area contributed by atoms with E-state index in [0.717, 1.165) is 11.2 Å². The number of fused-ring (bicyclic) bond motifs is 1. The summed E-state index contributed by atoms with van der Waals surface area (Å²) in [5, 5.41) is 5.02. The van der Waals surface area contributed by atoms with Crippen LogP contribution in [0.15, 0.2) is 41.5 Å². The van der Waals surface area contributed by atoms with Gasteiger partial charge in [0, 0.05) is 29.9 Å². The summed E-state index contributed by atoms with van der Waals surface area (Å²) in [5.41, 5.74) is 4.68. The van der Waals surface area contributed by atoms with Crippen LogP contribution in [0.4, 0.5) is 0 Å². The minimum atomic E-state index is -0.199. The Labute approximate surface area is 154 Å². The maximum atomic E-state index is 12.7. The van der Waals surface area contributed by atoms with E-state index in [2.05, 4.69) is 20.3 Å². The summed E-state index contributed by atoms with van der Waals surface area (Å²) < 4.78 is 11.4. The van der Waals surface area contributed by atoms with Crippen molar-refractivity contribution in [2.24, 2.45) is 0 Å². The van der Waals surface area contributed by atoms with Gasteiger partial charge in [0.15, 0.2) is 0 Å². The fraction of sp³-hybridized carbons (Fsp3) is 0.333. The number of amides is 1. The normalized spacial score (nSPS) is 20.2. The van der Waals surface area contributed by atoms with Gasteiger partial charge in [-0.25, -0.2) is 4.98 Å². The lowest BCUT2D eigenvalue weighted by Gasteiger charge is -2.32. The maximum absolute atomic E-state index is 12.7. The number of aromatic nitrogens is 3. The third-order valence-electron chi connectivity index (χ3n) is 4.28. The molecule has 4 rings (SSSR count). The van der Waals surface area contributed by atoms with E-state index >= 15 is 0 Å². The molecule has 0 unspecified atom stereocenters. The number of hydrogen-bond acceptors (Lipinski definition) is 7. The number of nitrogens with zero attached hydrogens (tertiary/aromatic N) is 3. The molecule has 8 heteroatoms. The van der Waals surface area contributed by atoms with Crippen LogP contribution in [0.3, 0.4) is 0 Å². The summed E-state index contributed by atoms with van der Waals surface area (Å²) in [6.45, 7) is 1.47. The highest BCUT2D eigenvalue weighted by Crippen LogP contribution is 2.16. The fourth-order valence-corrected chi connectivity index (χ4v) is 3.44. The summed E-state index contributed by atoms with van der Waals surface area (Å²) in [6, 6.07) is 5.21. The van der Waals surface area contributed by atoms with Gasteiger partial charge in [-0.2, -0.15) is 0 Å². The first kappa shape index (κ1) is 17.0. The Hall–Kier alpha value is -2.42. The maximum Gasteiger partial charge on any atom is 0.251 e. The van der Waals surface area contributed by atoms with Crippen LogP contribution in [-0.4, -0.2) is 46.2 Å². The largest absolute Gasteiger partial charge is 0.379 e. The highest BCUT2D eigenvalue weighted by atomic mass is 32.1. The zero-order valence-electron chi connectivity index (χ0n) is 14.0. The molecule has 1 aliphatic heterocycles. The molecule has 7 nitrogen and oxygen atoms in total. The van der Waals surface area contributed by atoms with Crippen molar-refractivity contribution in [2.45, 2.75) is 25.2 Å². The molecule has 1 saturated heterocycles. The molecular weight excluding hydrogens is 352 g/mol. The minimum absolute atomic E-state index is 0.104. The molecule has 3 aromatic rings. The van der Waals surface area contributed by atoms with Gasteiger partial charge in [0.05, 0.1) is 41.5 Å². The molecule has 2 aromatic heterocycles. The van der Waals surface area contributed by atoms with E-state index < -0.39 is 0 Å². The molecule has 1 aliphatic rings. The minimum Gasteiger partial charge on any atom is -0.379 e. The van der Waals surface area contributed by atoms with Gasteiger partial charge in [0.1, 0.15) is 6.10 Å². The molecule has 3 heterocycles. The Bertz CT molecular complexity index is 887. The van der Waals surface area contributed by atoms with E-state index in [1.807, 2.05) is 5.38 Å². The lowest BCUT2D eigenvalue weighted by Crippen LogP contribution is -2.49. The van der Waals surface area contributed by atoms with Crippen molar-refractivity contribution < 1.29 is 14.3 Å². The zero-order valence-corrected chi connectivity index (χ0v) is 14.8. The van der Waals surface area contributed by atoms with Crippen LogP contribution in [0, 0.1) is 0 Å². The van der Waals surface area contributed by atoms with Gasteiger partial charge in [0.25, 0.3) is 5.91 Å². The van der Waals surface area contributed by atoms with Crippen LogP contribution in [-0.2, 0) is 16.1 Å². The average Bonchev–Trinajstić information content (AvgIpc) is 3.20. The van der Waals surface area contributed by atoms with Gasteiger partial charge < -0.3 is 14.8 Å². The topological polar surface area (TPSA) is 86.2 Å². The predicted molar refractivity (Wildman–Crippen MR) is 96.9 cm³/mol. The second-order valence-electron chi connectivity index (χ2n) is 6.03. The monoisotopic (exact) mass is 370 g/mol. The third-order valence-corrected chi connectivity index (χ3v) is 4.92. The molecule has 1 aromatic carbocycles. The molecule has 0 saturated carbocycles. The first-order valence-electron chi connectivity index (χ1n) is 8.37. The number of carbonyl (C=O) groups excluding carboxylic acids is 1. The molecule has 0 bridgehead atoms. The van der Waals surface area contributed by atoms with Crippen molar-refractivity contribution in [1.82, 2.24) is 20.3 Å². The summed E-state index contributed by atoms with van der Waals surface area (Å²) in [4.78, 5) is 25.4. The number of rotatable bonds is 5. The Morgan fingerprint density at radius 3 is 3.00 bits per heavy atom. The molecule has 1 fully saturated rings. The summed E-state index contributed by atoms with van der Waals surface area (Å²) in [5.74, 6) is -0.147. The highest BCUT2D eigenvalue weighted by Gasteiger charge is 2.28. The summed E-state index contributed by atoms with van der Waals surface area (Å²) >= 11 is 1.53. The standard InChI is InChI=1S/C18H18N4O3S/c23-18(12-1-2-14-16(7-12)20-5-4-19-14)22-15-3-6-24-9-17(15)25-8-13-10-26-11-21-13/h1-2,4-5,7,10-11,15,17H,3,6,8-9H2,(H,22,23)/t15-,17-/m1/s1. The Balaban J connectivity index is 1.43. The van der Waals surface area contributed by atoms with Crippen molar-refractivity contribution in [3.63, 3.8) is 0 Å². The number of hydrogen-bond donors (Lipinski definition) is 1. The lowest BCUT2D eigenvalue weighted by atomic mass is 10.0. The van der Waals surface area contributed by atoms with Gasteiger partial charge in [0.2, 0.25) is 0 Å². The third kappa shape index (κ3) is 3.87. The van der Waals surface area contributed by atoms with Crippen molar-refractivity contribution >= 4 is 28.3 Å². The second kappa shape index (κ2) is 7.86. The van der Waals surface area contributed by atoms with Crippen molar-refractivity contribution in [3.8, 4) is 0 Å². The summed E-state index contributed by atoms with van der Waals surface area (Å²) in [7, 11) is 0. The van der Waals surface area contributed by atoms with Gasteiger partial charge in [-0.1, -0.05) is 0 Å². The van der Waals surface area contributed by atoms with Crippen LogP contribution in [0.1, 0.15) is 22.5 Å². The first-order chi connectivity index (χ1) is 12.8. The predicted octanol–water partition coefficient (Wildman–Crippen LogP) is 2.19. The Morgan fingerprint density at radius 1 is 1.27 bits per heavy atom. The molecule has 0 radical (unpaired) electrons. The number of ether oxygens (including phenoxy) is 2. The van der Waals surface area contributed by atoms with E-state index in [9.17, 15) is 4.79 Å². The van der Waals surface area contributed by atoms with Crippen LogP contribution >= 0.6 is 11.3 Å². The number of thiazole rings is 1. The van der Waals surface area contributed by atoms with Crippen molar-refractivity contribution in [1.29, 1.82) is 0 Å². The average molecular weight is 370 g/mol. The molecule has 0 spiro atoms. The molecule has 134 valence electrons. The lowest BCUT2D eigenvalue weighted by molar-refractivity contribution is -0.0742. The van der Waals surface area contributed by atoms with Crippen molar-refractivity contribution in [2.75, 3.05) is 13.2 Å². The number of nitrogens with one attached hydrogen (secondary N) is 1. The zero-order chi connectivity index (χ0) is 17.8. The quantitative estimate of drug-likeness (QED) is 0.741. The number of carbonyl (C=O) groups is 1. The van der Waals surface area contributed by atoms with Gasteiger partial charge in [-0.05, 0) is 24.6 Å². The fourth-order valence-electron chi connectivity index (χ4n) is 2.90. The molecule has 1 amide bonds. The van der Waals surface area contributed by atoms with Crippen LogP contribution in [0.2, 0.25) is 0 Å². The molecule has 2 atom stereocenters. The second-order valence-corrected chi connectivity index (χ2v) is 6.75. The Kier molecular flexibility index (Phi) is 5.14. The summed E-state index contributed by atoms with van der Waals surface area (Å²) in [6.07, 6.45) is 3.76. The van der Waals surface area contributed by atoms with Crippen LogP contribution in [0.5, 0.6) is 0 Å². The molecule has 26 heavy (non-hydrogen) atoms. The first-order valence-corrected chi connectivity index (χ1v) is 9.32.